The van der Waals surface area contributed by atoms with Crippen LogP contribution in [0.4, 0.5) is 0 Å². The number of nitrogens with zero attached hydrogens (tertiary/aromatic N) is 2. The Bertz CT molecular complexity index is 476. The lowest BCUT2D eigenvalue weighted by atomic mass is 10.1. The van der Waals surface area contributed by atoms with E-state index < -0.39 is 0 Å². The van der Waals surface area contributed by atoms with Crippen LogP contribution in [0.5, 0.6) is 0 Å². The highest BCUT2D eigenvalue weighted by Gasteiger charge is 2.06. The van der Waals surface area contributed by atoms with E-state index in [9.17, 15) is 0 Å². The molecule has 0 amide bonds. The van der Waals surface area contributed by atoms with Gasteiger partial charge < -0.3 is 5.32 Å². The van der Waals surface area contributed by atoms with Crippen molar-refractivity contribution < 1.29 is 0 Å². The molecule has 0 radical (unpaired) electrons. The number of aromatic nitrogens is 2. The Morgan fingerprint density at radius 2 is 2.05 bits per heavy atom. The first-order chi connectivity index (χ1) is 9.29. The summed E-state index contributed by atoms with van der Waals surface area (Å²) >= 11 is 0. The predicted molar refractivity (Wildman–Crippen MR) is 79.1 cm³/mol. The van der Waals surface area contributed by atoms with Crippen molar-refractivity contribution in [3.05, 3.63) is 53.9 Å². The molecule has 0 bridgehead atoms. The van der Waals surface area contributed by atoms with Crippen molar-refractivity contribution in [2.24, 2.45) is 0 Å². The van der Waals surface area contributed by atoms with Crippen LogP contribution in [0, 0.1) is 0 Å². The van der Waals surface area contributed by atoms with E-state index in [-0.39, 0.29) is 0 Å². The fourth-order valence-electron chi connectivity index (χ4n) is 2.09. The molecule has 0 spiro atoms. The van der Waals surface area contributed by atoms with Crippen LogP contribution < -0.4 is 5.32 Å². The van der Waals surface area contributed by atoms with E-state index in [0.29, 0.717) is 6.04 Å². The summed E-state index contributed by atoms with van der Waals surface area (Å²) in [6.07, 6.45) is 6.31. The summed E-state index contributed by atoms with van der Waals surface area (Å²) in [5.74, 6) is 0. The van der Waals surface area contributed by atoms with Crippen molar-refractivity contribution in [1.82, 2.24) is 15.1 Å². The lowest BCUT2D eigenvalue weighted by Crippen LogP contribution is -2.18. The van der Waals surface area contributed by atoms with Crippen LogP contribution in [0.15, 0.2) is 42.7 Å². The molecule has 1 aromatic heterocycles. The van der Waals surface area contributed by atoms with Crippen LogP contribution in [0.25, 0.3) is 0 Å². The van der Waals surface area contributed by atoms with E-state index in [1.54, 1.807) is 0 Å². The summed E-state index contributed by atoms with van der Waals surface area (Å²) in [5.41, 5.74) is 2.62. The Kier molecular flexibility index (Phi) is 5.16. The number of hydrogen-bond acceptors (Lipinski definition) is 2. The van der Waals surface area contributed by atoms with Gasteiger partial charge in [-0.2, -0.15) is 5.10 Å². The Morgan fingerprint density at radius 3 is 2.79 bits per heavy atom. The van der Waals surface area contributed by atoms with Gasteiger partial charge in [-0.3, -0.25) is 4.68 Å². The summed E-state index contributed by atoms with van der Waals surface area (Å²) in [6.45, 7) is 6.36. The molecule has 0 aliphatic heterocycles. The molecule has 1 N–H and O–H groups in total. The lowest BCUT2D eigenvalue weighted by Gasteiger charge is -2.10. The minimum absolute atomic E-state index is 0.380. The molecule has 0 aliphatic carbocycles. The Morgan fingerprint density at radius 1 is 1.26 bits per heavy atom. The van der Waals surface area contributed by atoms with Crippen molar-refractivity contribution >= 4 is 0 Å². The van der Waals surface area contributed by atoms with Gasteiger partial charge in [-0.15, -0.1) is 0 Å². The van der Waals surface area contributed by atoms with Gasteiger partial charge in [0.05, 0.1) is 6.20 Å². The second kappa shape index (κ2) is 7.10. The van der Waals surface area contributed by atoms with Gasteiger partial charge in [0.25, 0.3) is 0 Å². The maximum Gasteiger partial charge on any atom is 0.0537 e. The molecule has 3 nitrogen and oxygen atoms in total. The smallest absolute Gasteiger partial charge is 0.0537 e. The van der Waals surface area contributed by atoms with Gasteiger partial charge in [0.15, 0.2) is 0 Å². The van der Waals surface area contributed by atoms with Gasteiger partial charge in [-0.1, -0.05) is 37.3 Å². The molecule has 1 atom stereocenters. The van der Waals surface area contributed by atoms with Crippen molar-refractivity contribution in [3.8, 4) is 0 Å². The highest BCUT2D eigenvalue weighted by atomic mass is 15.3. The van der Waals surface area contributed by atoms with Gasteiger partial charge in [0, 0.05) is 24.3 Å². The zero-order chi connectivity index (χ0) is 13.5. The maximum atomic E-state index is 4.44. The Labute approximate surface area is 115 Å². The van der Waals surface area contributed by atoms with E-state index in [4.69, 9.17) is 0 Å². The minimum Gasteiger partial charge on any atom is -0.310 e. The molecular formula is C16H23N3. The Balaban J connectivity index is 1.87. The van der Waals surface area contributed by atoms with E-state index in [2.05, 4.69) is 60.8 Å². The zero-order valence-corrected chi connectivity index (χ0v) is 11.8. The quantitative estimate of drug-likeness (QED) is 0.825. The first kappa shape index (κ1) is 13.8. The molecule has 0 fully saturated rings. The lowest BCUT2D eigenvalue weighted by molar-refractivity contribution is 0.567. The Hall–Kier alpha value is -1.61. The van der Waals surface area contributed by atoms with Crippen molar-refractivity contribution in [1.29, 1.82) is 0 Å². The van der Waals surface area contributed by atoms with E-state index in [1.165, 1.54) is 11.1 Å². The molecule has 1 unspecified atom stereocenters. The summed E-state index contributed by atoms with van der Waals surface area (Å²) < 4.78 is 2.03. The average Bonchev–Trinajstić information content (AvgIpc) is 2.92. The molecule has 2 rings (SSSR count). The van der Waals surface area contributed by atoms with Gasteiger partial charge in [0.1, 0.15) is 0 Å². The van der Waals surface area contributed by atoms with Crippen LogP contribution >= 0.6 is 0 Å². The average molecular weight is 257 g/mol. The largest absolute Gasteiger partial charge is 0.310 e. The molecule has 102 valence electrons. The van der Waals surface area contributed by atoms with Crippen molar-refractivity contribution in [2.45, 2.75) is 39.3 Å². The number of nitrogens with one attached hydrogen (secondary N) is 1. The molecule has 0 saturated heterocycles. The molecule has 1 aromatic carbocycles. The topological polar surface area (TPSA) is 29.9 Å². The zero-order valence-electron chi connectivity index (χ0n) is 11.8. The monoisotopic (exact) mass is 257 g/mol. The van der Waals surface area contributed by atoms with E-state index in [1.807, 2.05) is 10.9 Å². The molecule has 0 saturated carbocycles. The number of aryl methyl sites for hydroxylation is 2. The predicted octanol–water partition coefficient (Wildman–Crippen LogP) is 3.19. The highest BCUT2D eigenvalue weighted by molar-refractivity contribution is 5.15. The van der Waals surface area contributed by atoms with Gasteiger partial charge in [-0.25, -0.2) is 0 Å². The third-order valence-corrected chi connectivity index (χ3v) is 3.33. The van der Waals surface area contributed by atoms with Gasteiger partial charge in [-0.05, 0) is 31.9 Å². The number of hydrogen-bond donors (Lipinski definition) is 1. The normalized spacial score (nSPS) is 12.5. The second-order valence-corrected chi connectivity index (χ2v) is 4.95. The van der Waals surface area contributed by atoms with Crippen LogP contribution in [0.2, 0.25) is 0 Å². The summed E-state index contributed by atoms with van der Waals surface area (Å²) in [5, 5.41) is 7.92. The van der Waals surface area contributed by atoms with Crippen molar-refractivity contribution in [3.63, 3.8) is 0 Å². The minimum atomic E-state index is 0.380. The molecule has 1 heterocycles. The molecule has 3 heteroatoms. The number of benzene rings is 1. The number of rotatable bonds is 7. The first-order valence-electron chi connectivity index (χ1n) is 7.09. The third-order valence-electron chi connectivity index (χ3n) is 3.33. The van der Waals surface area contributed by atoms with Gasteiger partial charge >= 0.3 is 0 Å². The van der Waals surface area contributed by atoms with Crippen LogP contribution in [0.1, 0.15) is 37.4 Å². The van der Waals surface area contributed by atoms with Crippen LogP contribution in [-0.4, -0.2) is 16.3 Å². The standard InChI is InChI=1S/C16H23N3/c1-3-10-17-14(2)16-12-18-19(13-16)11-9-15-7-5-4-6-8-15/h4-8,12-14,17H,3,9-11H2,1-2H3. The van der Waals surface area contributed by atoms with E-state index in [0.717, 1.165) is 25.9 Å². The molecule has 2 aromatic rings. The molecule has 0 aliphatic rings. The molecule has 19 heavy (non-hydrogen) atoms. The second-order valence-electron chi connectivity index (χ2n) is 4.95. The highest BCUT2D eigenvalue weighted by Crippen LogP contribution is 2.11. The fraction of sp³-hybridized carbons (Fsp3) is 0.438. The van der Waals surface area contributed by atoms with Gasteiger partial charge in [0.2, 0.25) is 0 Å². The summed E-state index contributed by atoms with van der Waals surface area (Å²) in [7, 11) is 0. The summed E-state index contributed by atoms with van der Waals surface area (Å²) in [4.78, 5) is 0. The molecular weight excluding hydrogens is 234 g/mol. The summed E-state index contributed by atoms with van der Waals surface area (Å²) in [6, 6.07) is 10.9. The van der Waals surface area contributed by atoms with Crippen LogP contribution in [0.3, 0.4) is 0 Å². The van der Waals surface area contributed by atoms with E-state index >= 15 is 0 Å². The maximum absolute atomic E-state index is 4.44. The third kappa shape index (κ3) is 4.21. The SMILES string of the molecule is CCCNC(C)c1cnn(CCc2ccccc2)c1. The van der Waals surface area contributed by atoms with Crippen LogP contribution in [-0.2, 0) is 13.0 Å². The van der Waals surface area contributed by atoms with Crippen molar-refractivity contribution in [2.75, 3.05) is 6.54 Å². The fourth-order valence-corrected chi connectivity index (χ4v) is 2.09. The first-order valence-corrected chi connectivity index (χ1v) is 7.09.